The van der Waals surface area contributed by atoms with Crippen LogP contribution in [0.3, 0.4) is 0 Å². The van der Waals surface area contributed by atoms with E-state index in [9.17, 15) is 19.2 Å². The summed E-state index contributed by atoms with van der Waals surface area (Å²) in [7, 11) is 0. The quantitative estimate of drug-likeness (QED) is 0.306. The average Bonchev–Trinajstić information content (AvgIpc) is 2.78. The van der Waals surface area contributed by atoms with Crippen molar-refractivity contribution in [2.45, 2.75) is 106 Å². The molecule has 0 radical (unpaired) electrons. The first-order valence-corrected chi connectivity index (χ1v) is 12.5. The summed E-state index contributed by atoms with van der Waals surface area (Å²) >= 11 is 0. The average molecular weight is 456 g/mol. The van der Waals surface area contributed by atoms with Crippen LogP contribution in [0.4, 0.5) is 0 Å². The van der Waals surface area contributed by atoms with Gasteiger partial charge in [-0.1, -0.05) is 54.9 Å². The summed E-state index contributed by atoms with van der Waals surface area (Å²) in [5.41, 5.74) is 0. The van der Waals surface area contributed by atoms with Crippen LogP contribution in [0.2, 0.25) is 0 Å². The topological polar surface area (TPSA) is 104 Å². The highest BCUT2D eigenvalue weighted by Crippen LogP contribution is 2.27. The van der Waals surface area contributed by atoms with Crippen molar-refractivity contribution in [3.63, 3.8) is 0 Å². The Bertz CT molecular complexity index is 513. The predicted octanol–water partition coefficient (Wildman–Crippen LogP) is 4.00. The molecule has 0 heterocycles. The SMILES string of the molecule is CC.CC(C)CNC(=O)CCNC=O.CCCCC(=O)NC1CCC(C(=O)C(C)C)CC1. The third kappa shape index (κ3) is 17.7. The Morgan fingerprint density at radius 3 is 2.00 bits per heavy atom. The number of amides is 3. The van der Waals surface area contributed by atoms with Crippen LogP contribution in [-0.2, 0) is 19.2 Å². The van der Waals surface area contributed by atoms with Crippen molar-refractivity contribution in [2.75, 3.05) is 13.1 Å². The van der Waals surface area contributed by atoms with E-state index in [1.54, 1.807) is 0 Å². The van der Waals surface area contributed by atoms with Crippen molar-refractivity contribution in [3.8, 4) is 0 Å². The minimum atomic E-state index is -0.0157. The van der Waals surface area contributed by atoms with E-state index in [1.165, 1.54) is 0 Å². The Balaban J connectivity index is 0. The molecule has 1 rings (SSSR count). The third-order valence-corrected chi connectivity index (χ3v) is 5.11. The summed E-state index contributed by atoms with van der Waals surface area (Å²) in [5.74, 6) is 1.40. The van der Waals surface area contributed by atoms with Gasteiger partial charge in [0.25, 0.3) is 0 Å². The highest BCUT2D eigenvalue weighted by atomic mass is 16.2. The van der Waals surface area contributed by atoms with Gasteiger partial charge < -0.3 is 16.0 Å². The Hall–Kier alpha value is -1.92. The lowest BCUT2D eigenvalue weighted by Crippen LogP contribution is -2.39. The zero-order chi connectivity index (χ0) is 24.9. The molecule has 1 aliphatic carbocycles. The summed E-state index contributed by atoms with van der Waals surface area (Å²) in [5, 5.41) is 8.26. The van der Waals surface area contributed by atoms with Gasteiger partial charge in [-0.25, -0.2) is 0 Å². The first kappa shape index (κ1) is 32.3. The van der Waals surface area contributed by atoms with Crippen molar-refractivity contribution in [1.29, 1.82) is 0 Å². The van der Waals surface area contributed by atoms with Crippen molar-refractivity contribution >= 4 is 24.0 Å². The monoisotopic (exact) mass is 455 g/mol. The molecule has 32 heavy (non-hydrogen) atoms. The van der Waals surface area contributed by atoms with Gasteiger partial charge in [0, 0.05) is 43.8 Å². The minimum Gasteiger partial charge on any atom is -0.358 e. The maximum Gasteiger partial charge on any atom is 0.221 e. The Morgan fingerprint density at radius 1 is 0.938 bits per heavy atom. The number of ketones is 1. The number of rotatable bonds is 12. The lowest BCUT2D eigenvalue weighted by atomic mass is 9.80. The van der Waals surface area contributed by atoms with Crippen LogP contribution >= 0.6 is 0 Å². The van der Waals surface area contributed by atoms with Gasteiger partial charge in [0.05, 0.1) is 0 Å². The van der Waals surface area contributed by atoms with E-state index in [-0.39, 0.29) is 23.7 Å². The molecule has 0 bridgehead atoms. The summed E-state index contributed by atoms with van der Waals surface area (Å²) in [6, 6.07) is 0.297. The Labute approximate surface area is 196 Å². The fourth-order valence-corrected chi connectivity index (χ4v) is 3.28. The zero-order valence-corrected chi connectivity index (χ0v) is 21.6. The maximum absolute atomic E-state index is 11.9. The molecule has 0 aliphatic heterocycles. The number of carbonyl (C=O) groups is 4. The molecular weight excluding hydrogens is 406 g/mol. The molecule has 0 atom stereocenters. The van der Waals surface area contributed by atoms with E-state index < -0.39 is 0 Å². The van der Waals surface area contributed by atoms with Gasteiger partial charge in [0.1, 0.15) is 5.78 Å². The molecule has 0 unspecified atom stereocenters. The van der Waals surface area contributed by atoms with Gasteiger partial charge in [0.15, 0.2) is 0 Å². The van der Waals surface area contributed by atoms with Crippen molar-refractivity contribution in [3.05, 3.63) is 0 Å². The van der Waals surface area contributed by atoms with Crippen LogP contribution < -0.4 is 16.0 Å². The van der Waals surface area contributed by atoms with Crippen LogP contribution in [-0.4, -0.2) is 43.1 Å². The van der Waals surface area contributed by atoms with Crippen molar-refractivity contribution in [1.82, 2.24) is 16.0 Å². The highest BCUT2D eigenvalue weighted by molar-refractivity contribution is 5.83. The molecule has 3 N–H and O–H groups in total. The number of nitrogens with one attached hydrogen (secondary N) is 3. The smallest absolute Gasteiger partial charge is 0.221 e. The molecule has 7 nitrogen and oxygen atoms in total. The van der Waals surface area contributed by atoms with Gasteiger partial charge in [-0.05, 0) is 38.0 Å². The van der Waals surface area contributed by atoms with E-state index >= 15 is 0 Å². The molecule has 1 fully saturated rings. The van der Waals surface area contributed by atoms with Gasteiger partial charge >= 0.3 is 0 Å². The number of hydrogen-bond donors (Lipinski definition) is 3. The van der Waals surface area contributed by atoms with E-state index in [4.69, 9.17) is 0 Å². The van der Waals surface area contributed by atoms with Crippen LogP contribution in [0.1, 0.15) is 99.8 Å². The van der Waals surface area contributed by atoms with Crippen LogP contribution in [0, 0.1) is 17.8 Å². The number of unbranched alkanes of at least 4 members (excludes halogenated alkanes) is 1. The molecule has 0 aromatic carbocycles. The maximum atomic E-state index is 11.9. The summed E-state index contributed by atoms with van der Waals surface area (Å²) in [4.78, 5) is 44.3. The summed E-state index contributed by atoms with van der Waals surface area (Å²) in [6.07, 6.45) is 7.41. The number of hydrogen-bond acceptors (Lipinski definition) is 4. The Morgan fingerprint density at radius 2 is 1.53 bits per heavy atom. The van der Waals surface area contributed by atoms with Crippen LogP contribution in [0.5, 0.6) is 0 Å². The molecule has 3 amide bonds. The minimum absolute atomic E-state index is 0.0157. The zero-order valence-electron chi connectivity index (χ0n) is 21.6. The molecule has 0 aromatic rings. The summed E-state index contributed by atoms with van der Waals surface area (Å²) < 4.78 is 0. The largest absolute Gasteiger partial charge is 0.358 e. The Kier molecular flexibility index (Phi) is 21.1. The first-order chi connectivity index (χ1) is 15.2. The van der Waals surface area contributed by atoms with Crippen molar-refractivity contribution < 1.29 is 19.2 Å². The molecular formula is C25H49N3O4. The molecule has 0 aromatic heterocycles. The van der Waals surface area contributed by atoms with Crippen molar-refractivity contribution in [2.24, 2.45) is 17.8 Å². The molecule has 1 aliphatic rings. The fourth-order valence-electron chi connectivity index (χ4n) is 3.28. The van der Waals surface area contributed by atoms with Gasteiger partial charge in [-0.3, -0.25) is 19.2 Å². The fraction of sp³-hybridized carbons (Fsp3) is 0.840. The molecule has 0 saturated heterocycles. The van der Waals surface area contributed by atoms with Crippen LogP contribution in [0.25, 0.3) is 0 Å². The number of carbonyl (C=O) groups excluding carboxylic acids is 4. The van der Waals surface area contributed by atoms with Gasteiger partial charge in [0.2, 0.25) is 18.2 Å². The normalized spacial score (nSPS) is 17.3. The molecule has 188 valence electrons. The molecule has 0 spiro atoms. The predicted molar refractivity (Wildman–Crippen MR) is 131 cm³/mol. The standard InChI is InChI=1S/C15H27NO2.C8H16N2O2.C2H6/c1-4-5-6-14(17)16-13-9-7-12(8-10-13)15(18)11(2)3;1-7(2)5-10-8(12)3-4-9-6-11;1-2/h11-13H,4-10H2,1-3H3,(H,16,17);6-7H,3-5H2,1-2H3,(H,9,11)(H,10,12);1-2H3. The number of Topliss-reactive ketones (excluding diaryl/α,β-unsaturated/α-hetero) is 1. The van der Waals surface area contributed by atoms with E-state index in [0.29, 0.717) is 50.1 Å². The highest BCUT2D eigenvalue weighted by Gasteiger charge is 2.27. The van der Waals surface area contributed by atoms with Gasteiger partial charge in [-0.2, -0.15) is 0 Å². The molecule has 1 saturated carbocycles. The second kappa shape index (κ2) is 21.0. The lowest BCUT2D eigenvalue weighted by Gasteiger charge is -2.29. The lowest BCUT2D eigenvalue weighted by molar-refractivity contribution is -0.127. The van der Waals surface area contributed by atoms with E-state index in [1.807, 2.05) is 41.5 Å². The van der Waals surface area contributed by atoms with Crippen LogP contribution in [0.15, 0.2) is 0 Å². The first-order valence-electron chi connectivity index (χ1n) is 12.5. The van der Waals surface area contributed by atoms with E-state index in [0.717, 1.165) is 38.5 Å². The summed E-state index contributed by atoms with van der Waals surface area (Å²) in [6.45, 7) is 15.2. The second-order valence-electron chi connectivity index (χ2n) is 8.80. The molecule has 7 heteroatoms. The van der Waals surface area contributed by atoms with Gasteiger partial charge in [-0.15, -0.1) is 0 Å². The van der Waals surface area contributed by atoms with E-state index in [2.05, 4.69) is 22.9 Å². The second-order valence-corrected chi connectivity index (χ2v) is 8.80. The third-order valence-electron chi connectivity index (χ3n) is 5.11.